The van der Waals surface area contributed by atoms with E-state index in [0.29, 0.717) is 10.8 Å². The molecule has 2 aromatic heterocycles. The van der Waals surface area contributed by atoms with Gasteiger partial charge >= 0.3 is 0 Å². The molecule has 1 N–H and O–H groups in total. The van der Waals surface area contributed by atoms with Crippen molar-refractivity contribution < 1.29 is 0 Å². The maximum Gasteiger partial charge on any atom is 0.163 e. The van der Waals surface area contributed by atoms with Gasteiger partial charge in [-0.1, -0.05) is 66.2 Å². The Kier molecular flexibility index (Phi) is 3.56. The highest BCUT2D eigenvalue weighted by atomic mass is 35.5. The van der Waals surface area contributed by atoms with E-state index in [-0.39, 0.29) is 0 Å². The van der Waals surface area contributed by atoms with Crippen molar-refractivity contribution in [1.29, 1.82) is 0 Å². The average Bonchev–Trinajstić information content (AvgIpc) is 2.61. The first kappa shape index (κ1) is 14.0. The Labute approximate surface area is 139 Å². The zero-order valence-electron chi connectivity index (χ0n) is 12.3. The van der Waals surface area contributed by atoms with Crippen molar-refractivity contribution in [1.82, 2.24) is 9.97 Å². The van der Waals surface area contributed by atoms with Gasteiger partial charge in [0.15, 0.2) is 5.65 Å². The van der Waals surface area contributed by atoms with Crippen molar-refractivity contribution in [3.63, 3.8) is 0 Å². The predicted octanol–water partition coefficient (Wildman–Crippen LogP) is 5.05. The molecule has 0 saturated heterocycles. The van der Waals surface area contributed by atoms with E-state index < -0.39 is 0 Å². The van der Waals surface area contributed by atoms with Crippen LogP contribution in [0.25, 0.3) is 21.8 Å². The minimum Gasteiger partial charge on any atom is -0.380 e. The summed E-state index contributed by atoms with van der Waals surface area (Å²) < 4.78 is 0. The van der Waals surface area contributed by atoms with E-state index in [1.165, 1.54) is 5.56 Å². The molecule has 4 rings (SSSR count). The zero-order valence-corrected chi connectivity index (χ0v) is 13.1. The van der Waals surface area contributed by atoms with E-state index in [0.717, 1.165) is 28.4 Å². The molecule has 0 saturated carbocycles. The Morgan fingerprint density at radius 2 is 1.61 bits per heavy atom. The van der Waals surface area contributed by atoms with Gasteiger partial charge in [0.1, 0.15) is 5.15 Å². The molecule has 2 aromatic carbocycles. The molecular weight excluding hydrogens is 306 g/mol. The number of hydrogen-bond donors (Lipinski definition) is 1. The van der Waals surface area contributed by atoms with Gasteiger partial charge in [-0.3, -0.25) is 0 Å². The second kappa shape index (κ2) is 5.86. The van der Waals surface area contributed by atoms with Crippen LogP contribution in [0.15, 0.2) is 66.9 Å². The lowest BCUT2D eigenvalue weighted by atomic mass is 10.1. The molecule has 0 amide bonds. The molecule has 23 heavy (non-hydrogen) atoms. The van der Waals surface area contributed by atoms with Gasteiger partial charge in [0.2, 0.25) is 0 Å². The maximum absolute atomic E-state index is 6.29. The summed E-state index contributed by atoms with van der Waals surface area (Å²) in [5.74, 6) is 0. The lowest BCUT2D eigenvalue weighted by Crippen LogP contribution is -2.01. The Hall–Kier alpha value is -2.65. The molecule has 0 spiro atoms. The number of halogens is 1. The van der Waals surface area contributed by atoms with Crippen LogP contribution in [0.5, 0.6) is 0 Å². The highest BCUT2D eigenvalue weighted by Gasteiger charge is 2.10. The molecule has 0 aliphatic rings. The number of aromatic nitrogens is 2. The summed E-state index contributed by atoms with van der Waals surface area (Å²) in [6, 6.07) is 20.3. The van der Waals surface area contributed by atoms with Crippen LogP contribution >= 0.6 is 11.6 Å². The van der Waals surface area contributed by atoms with Gasteiger partial charge in [0.25, 0.3) is 0 Å². The monoisotopic (exact) mass is 319 g/mol. The summed E-state index contributed by atoms with van der Waals surface area (Å²) in [6.45, 7) is 0.747. The smallest absolute Gasteiger partial charge is 0.163 e. The predicted molar refractivity (Wildman–Crippen MR) is 95.8 cm³/mol. The number of nitrogens with zero attached hydrogens (tertiary/aromatic N) is 2. The van der Waals surface area contributed by atoms with Gasteiger partial charge in [-0.25, -0.2) is 9.97 Å². The number of pyridine rings is 2. The van der Waals surface area contributed by atoms with Crippen molar-refractivity contribution in [2.45, 2.75) is 6.54 Å². The third-order valence-electron chi connectivity index (χ3n) is 3.88. The molecule has 4 aromatic rings. The van der Waals surface area contributed by atoms with Gasteiger partial charge < -0.3 is 5.32 Å². The topological polar surface area (TPSA) is 37.8 Å². The van der Waals surface area contributed by atoms with Crippen molar-refractivity contribution in [2.24, 2.45) is 0 Å². The van der Waals surface area contributed by atoms with Gasteiger partial charge in [-0.05, 0) is 17.0 Å². The Morgan fingerprint density at radius 3 is 2.43 bits per heavy atom. The third kappa shape index (κ3) is 2.60. The van der Waals surface area contributed by atoms with Crippen LogP contribution in [0.4, 0.5) is 5.69 Å². The standard InChI is InChI=1S/C19H14ClN3/c20-18-15-9-5-4-8-14(15)17-16(10-11-21-19(17)23-18)22-12-13-6-2-1-3-7-13/h1-11H,12H2,(H,21,22,23). The lowest BCUT2D eigenvalue weighted by Gasteiger charge is -2.12. The molecule has 0 unspecified atom stereocenters. The zero-order chi connectivity index (χ0) is 15.6. The Bertz CT molecular complexity index is 984. The highest BCUT2D eigenvalue weighted by molar-refractivity contribution is 6.36. The third-order valence-corrected chi connectivity index (χ3v) is 4.17. The largest absolute Gasteiger partial charge is 0.380 e. The molecule has 0 fully saturated rings. The maximum atomic E-state index is 6.29. The van der Waals surface area contributed by atoms with Crippen LogP contribution in [0.1, 0.15) is 5.56 Å². The summed E-state index contributed by atoms with van der Waals surface area (Å²) in [6.07, 6.45) is 1.76. The minimum atomic E-state index is 0.487. The van der Waals surface area contributed by atoms with Crippen molar-refractivity contribution in [3.8, 4) is 0 Å². The first-order valence-electron chi connectivity index (χ1n) is 7.44. The molecule has 0 aliphatic carbocycles. The van der Waals surface area contributed by atoms with Gasteiger partial charge in [-0.2, -0.15) is 0 Å². The summed E-state index contributed by atoms with van der Waals surface area (Å²) in [5.41, 5.74) is 2.90. The second-order valence-corrected chi connectivity index (χ2v) is 5.70. The highest BCUT2D eigenvalue weighted by Crippen LogP contribution is 2.32. The Morgan fingerprint density at radius 1 is 0.870 bits per heavy atom. The fourth-order valence-corrected chi connectivity index (χ4v) is 3.02. The van der Waals surface area contributed by atoms with Crippen LogP contribution < -0.4 is 5.32 Å². The summed E-state index contributed by atoms with van der Waals surface area (Å²) in [4.78, 5) is 8.81. The van der Waals surface area contributed by atoms with Crippen LogP contribution in [-0.4, -0.2) is 9.97 Å². The number of nitrogens with one attached hydrogen (secondary N) is 1. The molecule has 4 heteroatoms. The molecule has 3 nitrogen and oxygen atoms in total. The molecule has 2 heterocycles. The summed E-state index contributed by atoms with van der Waals surface area (Å²) in [5, 5.41) is 6.99. The minimum absolute atomic E-state index is 0.487. The molecular formula is C19H14ClN3. The van der Waals surface area contributed by atoms with Crippen LogP contribution in [0.2, 0.25) is 5.15 Å². The van der Waals surface area contributed by atoms with E-state index in [4.69, 9.17) is 11.6 Å². The lowest BCUT2D eigenvalue weighted by molar-refractivity contribution is 1.15. The fourth-order valence-electron chi connectivity index (χ4n) is 2.78. The first-order valence-corrected chi connectivity index (χ1v) is 7.81. The quantitative estimate of drug-likeness (QED) is 0.424. The Balaban J connectivity index is 1.85. The van der Waals surface area contributed by atoms with E-state index in [1.54, 1.807) is 6.20 Å². The number of hydrogen-bond acceptors (Lipinski definition) is 3. The van der Waals surface area contributed by atoms with Crippen LogP contribution in [0, 0.1) is 0 Å². The number of rotatable bonds is 3. The summed E-state index contributed by atoms with van der Waals surface area (Å²) >= 11 is 6.29. The van der Waals surface area contributed by atoms with Crippen molar-refractivity contribution in [3.05, 3.63) is 77.6 Å². The molecule has 0 atom stereocenters. The second-order valence-electron chi connectivity index (χ2n) is 5.34. The number of benzene rings is 2. The van der Waals surface area contributed by atoms with Crippen LogP contribution in [-0.2, 0) is 6.54 Å². The first-order chi connectivity index (χ1) is 11.3. The van der Waals surface area contributed by atoms with Crippen LogP contribution in [0.3, 0.4) is 0 Å². The van der Waals surface area contributed by atoms with E-state index in [1.807, 2.05) is 42.5 Å². The van der Waals surface area contributed by atoms with Gasteiger partial charge in [-0.15, -0.1) is 0 Å². The fraction of sp³-hybridized carbons (Fsp3) is 0.0526. The SMILES string of the molecule is Clc1nc2nccc(NCc3ccccc3)c2c2ccccc12. The van der Waals surface area contributed by atoms with Gasteiger partial charge in [0, 0.05) is 23.8 Å². The number of anilines is 1. The van der Waals surface area contributed by atoms with E-state index in [2.05, 4.69) is 33.5 Å². The normalized spacial score (nSPS) is 11.0. The van der Waals surface area contributed by atoms with Crippen molar-refractivity contribution in [2.75, 3.05) is 5.32 Å². The van der Waals surface area contributed by atoms with E-state index >= 15 is 0 Å². The summed E-state index contributed by atoms with van der Waals surface area (Å²) in [7, 11) is 0. The van der Waals surface area contributed by atoms with Gasteiger partial charge in [0.05, 0.1) is 5.39 Å². The average molecular weight is 320 g/mol. The molecule has 112 valence electrons. The van der Waals surface area contributed by atoms with E-state index in [9.17, 15) is 0 Å². The molecule has 0 aliphatic heterocycles. The number of fused-ring (bicyclic) bond motifs is 3. The molecule has 0 radical (unpaired) electrons. The van der Waals surface area contributed by atoms with Crippen molar-refractivity contribution >= 4 is 39.1 Å². The molecule has 0 bridgehead atoms.